The number of esters is 1. The third-order valence-corrected chi connectivity index (χ3v) is 6.13. The highest BCUT2D eigenvalue weighted by Gasteiger charge is 2.25. The van der Waals surface area contributed by atoms with Gasteiger partial charge in [-0.05, 0) is 61.2 Å². The fraction of sp³-hybridized carbons (Fsp3) is 0.435. The third-order valence-electron chi connectivity index (χ3n) is 5.68. The number of likely N-dealkylation sites (tertiary alicyclic amines) is 1. The first-order chi connectivity index (χ1) is 14.3. The topological polar surface area (TPSA) is 73.2 Å². The lowest BCUT2D eigenvalue weighted by molar-refractivity contribution is -0.147. The standard InChI is InChI=1S/C23H30N2O4S/c1-15(2)19-12-20(22(27)13-21(19)26)25(30)18-6-4-16(5-7-18)14-24-10-8-17(9-11-24)23(28)29-3/h4-7,12-13,15,17,26-27,30H,8-11,14H2,1-3H3. The van der Waals surface area contributed by atoms with E-state index in [1.807, 2.05) is 38.1 Å². The second kappa shape index (κ2) is 9.62. The van der Waals surface area contributed by atoms with Crippen LogP contribution in [-0.2, 0) is 16.1 Å². The van der Waals surface area contributed by atoms with Crippen LogP contribution in [0.2, 0.25) is 0 Å². The highest BCUT2D eigenvalue weighted by molar-refractivity contribution is 7.82. The van der Waals surface area contributed by atoms with Gasteiger partial charge in [-0.25, -0.2) is 0 Å². The van der Waals surface area contributed by atoms with Crippen molar-refractivity contribution in [2.75, 3.05) is 24.5 Å². The zero-order valence-electron chi connectivity index (χ0n) is 17.7. The van der Waals surface area contributed by atoms with Crippen molar-refractivity contribution in [2.45, 2.75) is 39.2 Å². The number of nitrogens with zero attached hydrogens (tertiary/aromatic N) is 2. The number of carbonyl (C=O) groups is 1. The number of methoxy groups -OCH3 is 1. The van der Waals surface area contributed by atoms with E-state index in [0.717, 1.165) is 43.7 Å². The zero-order chi connectivity index (χ0) is 21.8. The summed E-state index contributed by atoms with van der Waals surface area (Å²) in [6, 6.07) is 11.1. The van der Waals surface area contributed by atoms with E-state index in [2.05, 4.69) is 17.7 Å². The summed E-state index contributed by atoms with van der Waals surface area (Å²) in [6.07, 6.45) is 1.65. The molecule has 162 valence electrons. The van der Waals surface area contributed by atoms with Crippen LogP contribution in [0.1, 0.15) is 43.7 Å². The average molecular weight is 431 g/mol. The molecule has 0 amide bonds. The van der Waals surface area contributed by atoms with Crippen molar-refractivity contribution < 1.29 is 19.7 Å². The SMILES string of the molecule is COC(=O)C1CCN(Cc2ccc(N(S)c3cc(C(C)C)c(O)cc3O)cc2)CC1. The van der Waals surface area contributed by atoms with Crippen LogP contribution in [0, 0.1) is 5.92 Å². The number of hydrogen-bond donors (Lipinski definition) is 3. The molecule has 0 atom stereocenters. The van der Waals surface area contributed by atoms with Gasteiger partial charge in [0.05, 0.1) is 24.4 Å². The molecule has 0 radical (unpaired) electrons. The van der Waals surface area contributed by atoms with Crippen molar-refractivity contribution in [3.63, 3.8) is 0 Å². The van der Waals surface area contributed by atoms with E-state index < -0.39 is 0 Å². The maximum absolute atomic E-state index is 11.7. The van der Waals surface area contributed by atoms with E-state index >= 15 is 0 Å². The number of anilines is 2. The number of thiol groups is 1. The molecule has 1 heterocycles. The molecule has 1 aliphatic rings. The van der Waals surface area contributed by atoms with E-state index in [4.69, 9.17) is 4.74 Å². The van der Waals surface area contributed by atoms with Gasteiger partial charge in [0.2, 0.25) is 0 Å². The van der Waals surface area contributed by atoms with Gasteiger partial charge >= 0.3 is 5.97 Å². The first-order valence-electron chi connectivity index (χ1n) is 10.2. The Morgan fingerprint density at radius 3 is 2.37 bits per heavy atom. The van der Waals surface area contributed by atoms with E-state index in [1.165, 1.54) is 18.7 Å². The summed E-state index contributed by atoms with van der Waals surface area (Å²) >= 11 is 4.57. The molecule has 3 rings (SSSR count). The summed E-state index contributed by atoms with van der Waals surface area (Å²) in [5.74, 6) is 0.0894. The number of phenols is 2. The molecule has 1 saturated heterocycles. The van der Waals surface area contributed by atoms with Gasteiger partial charge in [-0.2, -0.15) is 0 Å². The Morgan fingerprint density at radius 1 is 1.17 bits per heavy atom. The van der Waals surface area contributed by atoms with Crippen LogP contribution in [0.3, 0.4) is 0 Å². The molecule has 0 bridgehead atoms. The van der Waals surface area contributed by atoms with Crippen LogP contribution in [0.25, 0.3) is 0 Å². The molecule has 0 unspecified atom stereocenters. The van der Waals surface area contributed by atoms with E-state index in [0.29, 0.717) is 5.69 Å². The summed E-state index contributed by atoms with van der Waals surface area (Å²) in [6.45, 7) is 6.55. The average Bonchev–Trinajstić information content (AvgIpc) is 2.73. The molecule has 0 aromatic heterocycles. The van der Waals surface area contributed by atoms with Gasteiger partial charge in [-0.1, -0.05) is 38.8 Å². The van der Waals surface area contributed by atoms with Crippen LogP contribution in [0.4, 0.5) is 11.4 Å². The van der Waals surface area contributed by atoms with Crippen LogP contribution in [-0.4, -0.2) is 41.3 Å². The van der Waals surface area contributed by atoms with E-state index in [1.54, 1.807) is 10.4 Å². The highest BCUT2D eigenvalue weighted by atomic mass is 32.1. The first kappa shape index (κ1) is 22.3. The summed E-state index contributed by atoms with van der Waals surface area (Å²) in [7, 11) is 1.45. The molecule has 2 aromatic rings. The molecule has 0 aliphatic carbocycles. The Bertz CT molecular complexity index is 878. The van der Waals surface area contributed by atoms with Crippen molar-refractivity contribution in [1.29, 1.82) is 0 Å². The predicted octanol–water partition coefficient (Wildman–Crippen LogP) is 4.59. The minimum atomic E-state index is -0.106. The minimum absolute atomic E-state index is 0.0140. The fourth-order valence-electron chi connectivity index (χ4n) is 3.85. The molecule has 0 saturated carbocycles. The molecular weight excluding hydrogens is 400 g/mol. The Balaban J connectivity index is 1.66. The van der Waals surface area contributed by atoms with Crippen molar-refractivity contribution in [2.24, 2.45) is 5.92 Å². The number of piperidine rings is 1. The summed E-state index contributed by atoms with van der Waals surface area (Å²) in [4.78, 5) is 14.0. The Hall–Kier alpha value is -2.38. The number of carbonyl (C=O) groups excluding carboxylic acids is 1. The van der Waals surface area contributed by atoms with Crippen molar-refractivity contribution in [3.8, 4) is 11.5 Å². The number of rotatable bonds is 6. The number of benzene rings is 2. The number of aromatic hydroxyl groups is 2. The van der Waals surface area contributed by atoms with Crippen LogP contribution in [0.5, 0.6) is 11.5 Å². The zero-order valence-corrected chi connectivity index (χ0v) is 18.6. The lowest BCUT2D eigenvalue weighted by atomic mass is 9.96. The quantitative estimate of drug-likeness (QED) is 0.460. The van der Waals surface area contributed by atoms with Gasteiger partial charge in [-0.3, -0.25) is 14.0 Å². The van der Waals surface area contributed by atoms with Gasteiger partial charge in [0.15, 0.2) is 0 Å². The molecule has 6 nitrogen and oxygen atoms in total. The number of hydrogen-bond acceptors (Lipinski definition) is 7. The fourth-order valence-corrected chi connectivity index (χ4v) is 4.14. The Labute approximate surface area is 183 Å². The smallest absolute Gasteiger partial charge is 0.308 e. The highest BCUT2D eigenvalue weighted by Crippen LogP contribution is 2.41. The lowest BCUT2D eigenvalue weighted by Crippen LogP contribution is -2.36. The van der Waals surface area contributed by atoms with E-state index in [-0.39, 0.29) is 29.3 Å². The second-order valence-corrected chi connectivity index (χ2v) is 8.51. The monoisotopic (exact) mass is 430 g/mol. The maximum Gasteiger partial charge on any atom is 0.308 e. The molecule has 30 heavy (non-hydrogen) atoms. The number of phenolic OH excluding ortho intramolecular Hbond substituents is 2. The summed E-state index contributed by atoms with van der Waals surface area (Å²) in [5.41, 5.74) is 3.28. The molecule has 1 aliphatic heterocycles. The van der Waals surface area contributed by atoms with Gasteiger partial charge in [0, 0.05) is 12.6 Å². The lowest BCUT2D eigenvalue weighted by Gasteiger charge is -2.30. The molecule has 1 fully saturated rings. The summed E-state index contributed by atoms with van der Waals surface area (Å²) < 4.78 is 6.47. The summed E-state index contributed by atoms with van der Waals surface area (Å²) in [5, 5.41) is 20.3. The van der Waals surface area contributed by atoms with Crippen LogP contribution >= 0.6 is 12.8 Å². The Kier molecular flexibility index (Phi) is 7.15. The minimum Gasteiger partial charge on any atom is -0.508 e. The van der Waals surface area contributed by atoms with E-state index in [9.17, 15) is 15.0 Å². The Morgan fingerprint density at radius 2 is 1.80 bits per heavy atom. The van der Waals surface area contributed by atoms with Crippen molar-refractivity contribution in [3.05, 3.63) is 47.5 Å². The predicted molar refractivity (Wildman–Crippen MR) is 121 cm³/mol. The molecule has 7 heteroatoms. The van der Waals surface area contributed by atoms with Gasteiger partial charge in [0.25, 0.3) is 0 Å². The molecule has 0 spiro atoms. The molecule has 2 aromatic carbocycles. The molecular formula is C23H30N2O4S. The van der Waals surface area contributed by atoms with Crippen molar-refractivity contribution >= 4 is 30.2 Å². The van der Waals surface area contributed by atoms with Crippen molar-refractivity contribution in [1.82, 2.24) is 4.90 Å². The van der Waals surface area contributed by atoms with Crippen LogP contribution < -0.4 is 4.31 Å². The third kappa shape index (κ3) is 5.02. The maximum atomic E-state index is 11.7. The first-order valence-corrected chi connectivity index (χ1v) is 10.6. The van der Waals surface area contributed by atoms with Crippen LogP contribution in [0.15, 0.2) is 36.4 Å². The normalized spacial score (nSPS) is 15.4. The molecule has 2 N–H and O–H groups in total. The van der Waals surface area contributed by atoms with Gasteiger partial charge < -0.3 is 14.9 Å². The van der Waals surface area contributed by atoms with Gasteiger partial charge in [-0.15, -0.1) is 0 Å². The second-order valence-electron chi connectivity index (χ2n) is 8.11. The number of ether oxygens (including phenoxy) is 1. The largest absolute Gasteiger partial charge is 0.508 e. The van der Waals surface area contributed by atoms with Gasteiger partial charge in [0.1, 0.15) is 11.5 Å².